The van der Waals surface area contributed by atoms with Gasteiger partial charge in [0.25, 0.3) is 10.2 Å². The maximum absolute atomic E-state index is 11.9. The van der Waals surface area contributed by atoms with E-state index in [1.165, 1.54) is 21.5 Å². The normalized spacial score (nSPS) is 19.4. The molecule has 1 fully saturated rings. The van der Waals surface area contributed by atoms with E-state index < -0.39 is 10.2 Å². The molecule has 0 unspecified atom stereocenters. The number of hydrogen-bond donors (Lipinski definition) is 0. The van der Waals surface area contributed by atoms with Crippen LogP contribution in [-0.4, -0.2) is 69.3 Å². The topological polar surface area (TPSA) is 43.9 Å². The van der Waals surface area contributed by atoms with E-state index in [0.717, 1.165) is 37.9 Å². The lowest BCUT2D eigenvalue weighted by molar-refractivity contribution is 0.155. The Labute approximate surface area is 125 Å². The molecule has 0 saturated carbocycles. The van der Waals surface area contributed by atoms with Crippen LogP contribution in [0, 0.1) is 11.8 Å². The molecular formula is C14H31N3O2S. The molecule has 0 spiro atoms. The molecule has 1 aliphatic heterocycles. The lowest BCUT2D eigenvalue weighted by Gasteiger charge is -2.34. The SMILES string of the molecule is CC(C)C1CCN(CCCN(C)S(=O)(=O)N(C)C)CC1. The quantitative estimate of drug-likeness (QED) is 0.716. The summed E-state index contributed by atoms with van der Waals surface area (Å²) in [5.41, 5.74) is 0. The summed E-state index contributed by atoms with van der Waals surface area (Å²) in [5.74, 6) is 1.65. The standard InChI is InChI=1S/C14H31N3O2S/c1-13(2)14-7-11-17(12-8-14)10-6-9-16(5)20(18,19)15(3)4/h13-14H,6-12H2,1-5H3. The minimum atomic E-state index is -3.25. The highest BCUT2D eigenvalue weighted by Crippen LogP contribution is 2.24. The van der Waals surface area contributed by atoms with Crippen molar-refractivity contribution < 1.29 is 8.42 Å². The summed E-state index contributed by atoms with van der Waals surface area (Å²) < 4.78 is 26.4. The monoisotopic (exact) mass is 305 g/mol. The zero-order valence-electron chi connectivity index (χ0n) is 13.7. The second-order valence-electron chi connectivity index (χ2n) is 6.39. The molecule has 0 bridgehead atoms. The van der Waals surface area contributed by atoms with E-state index >= 15 is 0 Å². The highest BCUT2D eigenvalue weighted by Gasteiger charge is 2.22. The summed E-state index contributed by atoms with van der Waals surface area (Å²) in [4.78, 5) is 2.47. The second kappa shape index (κ2) is 7.73. The molecule has 0 radical (unpaired) electrons. The molecule has 1 aliphatic rings. The summed E-state index contributed by atoms with van der Waals surface area (Å²) in [6.45, 7) is 8.52. The minimum absolute atomic E-state index is 0.588. The van der Waals surface area contributed by atoms with Crippen LogP contribution in [0.5, 0.6) is 0 Å². The van der Waals surface area contributed by atoms with Crippen LogP contribution in [0.3, 0.4) is 0 Å². The van der Waals surface area contributed by atoms with Crippen molar-refractivity contribution in [2.24, 2.45) is 11.8 Å². The van der Waals surface area contributed by atoms with Gasteiger partial charge in [0.05, 0.1) is 0 Å². The summed E-state index contributed by atoms with van der Waals surface area (Å²) in [6.07, 6.45) is 3.46. The molecule has 6 heteroatoms. The minimum Gasteiger partial charge on any atom is -0.303 e. The highest BCUT2D eigenvalue weighted by atomic mass is 32.2. The molecule has 0 aromatic carbocycles. The van der Waals surface area contributed by atoms with Gasteiger partial charge in [0, 0.05) is 27.7 Å². The van der Waals surface area contributed by atoms with Crippen LogP contribution in [0.25, 0.3) is 0 Å². The summed E-state index contributed by atoms with van der Waals surface area (Å²) in [7, 11) is 1.55. The van der Waals surface area contributed by atoms with Gasteiger partial charge in [-0.15, -0.1) is 0 Å². The van der Waals surface area contributed by atoms with Crippen molar-refractivity contribution in [2.75, 3.05) is 47.3 Å². The summed E-state index contributed by atoms with van der Waals surface area (Å²) in [6, 6.07) is 0. The van der Waals surface area contributed by atoms with Gasteiger partial charge >= 0.3 is 0 Å². The van der Waals surface area contributed by atoms with E-state index in [4.69, 9.17) is 0 Å². The largest absolute Gasteiger partial charge is 0.303 e. The fourth-order valence-corrected chi connectivity index (χ4v) is 3.67. The van der Waals surface area contributed by atoms with Crippen LogP contribution < -0.4 is 0 Å². The Morgan fingerprint density at radius 2 is 1.70 bits per heavy atom. The average Bonchev–Trinajstić information content (AvgIpc) is 2.38. The predicted molar refractivity (Wildman–Crippen MR) is 83.9 cm³/mol. The number of nitrogens with zero attached hydrogens (tertiary/aromatic N) is 3. The van der Waals surface area contributed by atoms with Crippen molar-refractivity contribution in [3.8, 4) is 0 Å². The van der Waals surface area contributed by atoms with Gasteiger partial charge in [0.15, 0.2) is 0 Å². The third-order valence-electron chi connectivity index (χ3n) is 4.38. The Balaban J connectivity index is 2.26. The van der Waals surface area contributed by atoms with E-state index in [2.05, 4.69) is 18.7 Å². The second-order valence-corrected chi connectivity index (χ2v) is 8.64. The Hall–Kier alpha value is -0.170. The predicted octanol–water partition coefficient (Wildman–Crippen LogP) is 1.48. The first-order valence-electron chi connectivity index (χ1n) is 7.61. The van der Waals surface area contributed by atoms with Crippen molar-refractivity contribution in [3.63, 3.8) is 0 Å². The molecule has 1 heterocycles. The Bertz CT molecular complexity index is 374. The molecule has 0 atom stereocenters. The van der Waals surface area contributed by atoms with E-state index in [1.54, 1.807) is 21.1 Å². The number of piperidine rings is 1. The maximum atomic E-state index is 11.9. The lowest BCUT2D eigenvalue weighted by Crippen LogP contribution is -2.40. The maximum Gasteiger partial charge on any atom is 0.281 e. The van der Waals surface area contributed by atoms with Crippen LogP contribution >= 0.6 is 0 Å². The molecular weight excluding hydrogens is 274 g/mol. The number of likely N-dealkylation sites (tertiary alicyclic amines) is 1. The molecule has 0 N–H and O–H groups in total. The fraction of sp³-hybridized carbons (Fsp3) is 1.00. The van der Waals surface area contributed by atoms with Crippen molar-refractivity contribution in [3.05, 3.63) is 0 Å². The molecule has 0 amide bonds. The molecule has 5 nitrogen and oxygen atoms in total. The van der Waals surface area contributed by atoms with E-state index in [9.17, 15) is 8.42 Å². The van der Waals surface area contributed by atoms with Gasteiger partial charge in [0.1, 0.15) is 0 Å². The Morgan fingerprint density at radius 1 is 1.15 bits per heavy atom. The van der Waals surface area contributed by atoms with Gasteiger partial charge in [-0.05, 0) is 50.7 Å². The Kier molecular flexibility index (Phi) is 6.91. The molecule has 20 heavy (non-hydrogen) atoms. The van der Waals surface area contributed by atoms with Crippen molar-refractivity contribution >= 4 is 10.2 Å². The summed E-state index contributed by atoms with van der Waals surface area (Å²) in [5, 5.41) is 0. The lowest BCUT2D eigenvalue weighted by atomic mass is 9.87. The van der Waals surface area contributed by atoms with Gasteiger partial charge in [-0.2, -0.15) is 17.0 Å². The zero-order valence-corrected chi connectivity index (χ0v) is 14.5. The first-order chi connectivity index (χ1) is 9.25. The first-order valence-corrected chi connectivity index (χ1v) is 9.01. The smallest absolute Gasteiger partial charge is 0.281 e. The molecule has 0 aromatic heterocycles. The first kappa shape index (κ1) is 17.9. The number of hydrogen-bond acceptors (Lipinski definition) is 3. The third kappa shape index (κ3) is 4.98. The van der Waals surface area contributed by atoms with E-state index in [1.807, 2.05) is 0 Å². The van der Waals surface area contributed by atoms with Gasteiger partial charge in [-0.3, -0.25) is 0 Å². The van der Waals surface area contributed by atoms with Crippen LogP contribution in [0.4, 0.5) is 0 Å². The van der Waals surface area contributed by atoms with Gasteiger partial charge in [-0.25, -0.2) is 0 Å². The van der Waals surface area contributed by atoms with Gasteiger partial charge < -0.3 is 4.90 Å². The van der Waals surface area contributed by atoms with Crippen LogP contribution in [0.15, 0.2) is 0 Å². The van der Waals surface area contributed by atoms with Crippen LogP contribution in [0.1, 0.15) is 33.1 Å². The number of rotatable bonds is 7. The van der Waals surface area contributed by atoms with Crippen LogP contribution in [0.2, 0.25) is 0 Å². The third-order valence-corrected chi connectivity index (χ3v) is 6.27. The van der Waals surface area contributed by atoms with E-state index in [0.29, 0.717) is 6.54 Å². The van der Waals surface area contributed by atoms with Crippen molar-refractivity contribution in [2.45, 2.75) is 33.1 Å². The van der Waals surface area contributed by atoms with Crippen LogP contribution in [-0.2, 0) is 10.2 Å². The van der Waals surface area contributed by atoms with Crippen molar-refractivity contribution in [1.82, 2.24) is 13.5 Å². The summed E-state index contributed by atoms with van der Waals surface area (Å²) >= 11 is 0. The van der Waals surface area contributed by atoms with Gasteiger partial charge in [-0.1, -0.05) is 13.8 Å². The molecule has 1 rings (SSSR count). The van der Waals surface area contributed by atoms with Crippen molar-refractivity contribution in [1.29, 1.82) is 0 Å². The zero-order chi connectivity index (χ0) is 15.3. The highest BCUT2D eigenvalue weighted by molar-refractivity contribution is 7.86. The van der Waals surface area contributed by atoms with E-state index in [-0.39, 0.29) is 0 Å². The van der Waals surface area contributed by atoms with Gasteiger partial charge in [0.2, 0.25) is 0 Å². The molecule has 120 valence electrons. The fourth-order valence-electron chi connectivity index (χ4n) is 2.75. The Morgan fingerprint density at radius 3 is 2.15 bits per heavy atom. The molecule has 1 saturated heterocycles. The average molecular weight is 305 g/mol. The molecule has 0 aromatic rings. The molecule has 0 aliphatic carbocycles.